The van der Waals surface area contributed by atoms with Gasteiger partial charge in [-0.25, -0.2) is 0 Å². The van der Waals surface area contributed by atoms with Crippen LogP contribution in [-0.4, -0.2) is 47.4 Å². The maximum absolute atomic E-state index is 12.1. The number of anilines is 1. The first-order chi connectivity index (χ1) is 9.61. The van der Waals surface area contributed by atoms with Crippen LogP contribution in [-0.2, 0) is 4.79 Å². The Bertz CT molecular complexity index is 498. The van der Waals surface area contributed by atoms with Crippen LogP contribution in [0.15, 0.2) is 24.3 Å². The van der Waals surface area contributed by atoms with Gasteiger partial charge in [0.05, 0.1) is 18.8 Å². The molecule has 0 spiro atoms. The number of hydrogen-bond donors (Lipinski definition) is 2. The largest absolute Gasteiger partial charge is 0.395 e. The van der Waals surface area contributed by atoms with Gasteiger partial charge in [0, 0.05) is 18.2 Å². The number of amides is 1. The van der Waals surface area contributed by atoms with E-state index < -0.39 is 0 Å². The lowest BCUT2D eigenvalue weighted by Crippen LogP contribution is -2.37. The first kappa shape index (κ1) is 14.7. The first-order valence-electron chi connectivity index (χ1n) is 6.86. The highest BCUT2D eigenvalue weighted by Gasteiger charge is 2.29. The van der Waals surface area contributed by atoms with Crippen molar-refractivity contribution < 1.29 is 14.7 Å². The van der Waals surface area contributed by atoms with Crippen molar-refractivity contribution in [1.82, 2.24) is 4.90 Å². The maximum atomic E-state index is 12.1. The van der Waals surface area contributed by atoms with E-state index in [0.29, 0.717) is 23.8 Å². The van der Waals surface area contributed by atoms with Crippen molar-refractivity contribution in [3.63, 3.8) is 0 Å². The maximum Gasteiger partial charge on any atom is 0.238 e. The van der Waals surface area contributed by atoms with Gasteiger partial charge in [-0.15, -0.1) is 0 Å². The molecule has 1 aromatic rings. The molecule has 0 heterocycles. The molecule has 2 rings (SSSR count). The Kier molecular flexibility index (Phi) is 4.87. The van der Waals surface area contributed by atoms with Gasteiger partial charge in [-0.2, -0.15) is 0 Å². The van der Waals surface area contributed by atoms with Gasteiger partial charge in [-0.05, 0) is 31.9 Å². The van der Waals surface area contributed by atoms with Crippen LogP contribution in [0.5, 0.6) is 0 Å². The smallest absolute Gasteiger partial charge is 0.238 e. The van der Waals surface area contributed by atoms with Crippen LogP contribution in [0.3, 0.4) is 0 Å². The van der Waals surface area contributed by atoms with E-state index in [0.717, 1.165) is 12.8 Å². The Labute approximate surface area is 118 Å². The van der Waals surface area contributed by atoms with E-state index in [9.17, 15) is 9.59 Å². The number of carbonyl (C=O) groups excluding carboxylic acids is 2. The van der Waals surface area contributed by atoms with E-state index in [-0.39, 0.29) is 24.8 Å². The lowest BCUT2D eigenvalue weighted by molar-refractivity contribution is -0.117. The monoisotopic (exact) mass is 276 g/mol. The molecule has 5 nitrogen and oxygen atoms in total. The molecule has 1 saturated carbocycles. The van der Waals surface area contributed by atoms with Crippen LogP contribution in [0.25, 0.3) is 0 Å². The third-order valence-corrected chi connectivity index (χ3v) is 3.38. The van der Waals surface area contributed by atoms with E-state index in [4.69, 9.17) is 5.11 Å². The van der Waals surface area contributed by atoms with Gasteiger partial charge in [0.25, 0.3) is 0 Å². The number of rotatable bonds is 7. The zero-order valence-electron chi connectivity index (χ0n) is 11.6. The van der Waals surface area contributed by atoms with Crippen molar-refractivity contribution in [3.05, 3.63) is 29.8 Å². The number of carbonyl (C=O) groups is 2. The molecule has 0 aliphatic heterocycles. The fraction of sp³-hybridized carbons (Fsp3) is 0.467. The lowest BCUT2D eigenvalue weighted by atomic mass is 10.1. The summed E-state index contributed by atoms with van der Waals surface area (Å²) in [4.78, 5) is 25.5. The van der Waals surface area contributed by atoms with Crippen molar-refractivity contribution in [2.45, 2.75) is 25.8 Å². The summed E-state index contributed by atoms with van der Waals surface area (Å²) >= 11 is 0. The highest BCUT2D eigenvalue weighted by atomic mass is 16.3. The Morgan fingerprint density at radius 1 is 1.35 bits per heavy atom. The fourth-order valence-corrected chi connectivity index (χ4v) is 2.23. The topological polar surface area (TPSA) is 69.6 Å². The van der Waals surface area contributed by atoms with Gasteiger partial charge < -0.3 is 10.4 Å². The van der Waals surface area contributed by atoms with Crippen molar-refractivity contribution in [2.75, 3.05) is 25.0 Å². The molecule has 1 aliphatic rings. The van der Waals surface area contributed by atoms with Gasteiger partial charge in [0.1, 0.15) is 0 Å². The Morgan fingerprint density at radius 2 is 2.05 bits per heavy atom. The van der Waals surface area contributed by atoms with E-state index >= 15 is 0 Å². The Morgan fingerprint density at radius 3 is 2.65 bits per heavy atom. The molecule has 0 bridgehead atoms. The molecule has 0 saturated heterocycles. The molecule has 0 unspecified atom stereocenters. The van der Waals surface area contributed by atoms with E-state index in [1.165, 1.54) is 6.92 Å². The number of benzene rings is 1. The normalized spacial score (nSPS) is 14.3. The molecule has 1 aromatic carbocycles. The van der Waals surface area contributed by atoms with E-state index in [1.807, 2.05) is 4.90 Å². The van der Waals surface area contributed by atoms with Crippen LogP contribution in [0.1, 0.15) is 30.1 Å². The number of nitrogens with zero attached hydrogens (tertiary/aromatic N) is 1. The number of aliphatic hydroxyl groups excluding tert-OH is 1. The van der Waals surface area contributed by atoms with Crippen LogP contribution >= 0.6 is 0 Å². The minimum atomic E-state index is -0.154. The predicted molar refractivity (Wildman–Crippen MR) is 76.8 cm³/mol. The molecule has 1 aliphatic carbocycles. The second kappa shape index (κ2) is 6.63. The molecular formula is C15H20N2O3. The van der Waals surface area contributed by atoms with Crippen molar-refractivity contribution in [1.29, 1.82) is 0 Å². The van der Waals surface area contributed by atoms with Gasteiger partial charge in [0.15, 0.2) is 5.78 Å². The average Bonchev–Trinajstić information content (AvgIpc) is 3.23. The number of nitrogens with one attached hydrogen (secondary N) is 1. The first-order valence-corrected chi connectivity index (χ1v) is 6.86. The number of aliphatic hydroxyl groups is 1. The molecule has 0 aromatic heterocycles. The zero-order valence-corrected chi connectivity index (χ0v) is 11.6. The third-order valence-electron chi connectivity index (χ3n) is 3.38. The van der Waals surface area contributed by atoms with Gasteiger partial charge in [-0.3, -0.25) is 14.5 Å². The van der Waals surface area contributed by atoms with Crippen molar-refractivity contribution in [2.24, 2.45) is 0 Å². The SMILES string of the molecule is CC(=O)c1ccccc1NC(=O)CN(CCO)C1CC1. The average molecular weight is 276 g/mol. The van der Waals surface area contributed by atoms with E-state index in [2.05, 4.69) is 5.32 Å². The van der Waals surface area contributed by atoms with Crippen molar-refractivity contribution in [3.8, 4) is 0 Å². The number of Topliss-reactive ketones (excluding diaryl/α,β-unsaturated/α-hetero) is 1. The summed E-state index contributed by atoms with van der Waals surface area (Å²) in [6.07, 6.45) is 2.16. The summed E-state index contributed by atoms with van der Waals surface area (Å²) in [6.45, 7) is 2.28. The summed E-state index contributed by atoms with van der Waals surface area (Å²) in [6, 6.07) is 7.39. The standard InChI is InChI=1S/C15H20N2O3/c1-11(19)13-4-2-3-5-14(13)16-15(20)10-17(8-9-18)12-6-7-12/h2-5,12,18H,6-10H2,1H3,(H,16,20). The highest BCUT2D eigenvalue weighted by molar-refractivity contribution is 6.04. The second-order valence-electron chi connectivity index (χ2n) is 5.08. The molecule has 20 heavy (non-hydrogen) atoms. The molecule has 108 valence electrons. The predicted octanol–water partition coefficient (Wildman–Crippen LogP) is 1.28. The summed E-state index contributed by atoms with van der Waals surface area (Å²) in [5, 5.41) is 11.8. The van der Waals surface area contributed by atoms with Crippen molar-refractivity contribution >= 4 is 17.4 Å². The molecule has 5 heteroatoms. The zero-order chi connectivity index (χ0) is 14.5. The van der Waals surface area contributed by atoms with Crippen LogP contribution in [0.4, 0.5) is 5.69 Å². The summed E-state index contributed by atoms with van der Waals surface area (Å²) in [5.74, 6) is -0.227. The summed E-state index contributed by atoms with van der Waals surface area (Å²) in [7, 11) is 0. The molecule has 0 radical (unpaired) electrons. The minimum absolute atomic E-state index is 0.0494. The van der Waals surface area contributed by atoms with Crippen LogP contribution < -0.4 is 5.32 Å². The van der Waals surface area contributed by atoms with E-state index in [1.54, 1.807) is 24.3 Å². The molecule has 2 N–H and O–H groups in total. The molecular weight excluding hydrogens is 256 g/mol. The van der Waals surface area contributed by atoms with Gasteiger partial charge in [0.2, 0.25) is 5.91 Å². The molecule has 1 amide bonds. The molecule has 0 atom stereocenters. The highest BCUT2D eigenvalue weighted by Crippen LogP contribution is 2.26. The minimum Gasteiger partial charge on any atom is -0.395 e. The summed E-state index contributed by atoms with van der Waals surface area (Å²) in [5.41, 5.74) is 1.06. The van der Waals surface area contributed by atoms with Crippen LogP contribution in [0, 0.1) is 0 Å². The Hall–Kier alpha value is -1.72. The van der Waals surface area contributed by atoms with Crippen LogP contribution in [0.2, 0.25) is 0 Å². The lowest BCUT2D eigenvalue weighted by Gasteiger charge is -2.20. The number of para-hydroxylation sites is 1. The third kappa shape index (κ3) is 3.88. The number of hydrogen-bond acceptors (Lipinski definition) is 4. The quantitative estimate of drug-likeness (QED) is 0.736. The van der Waals surface area contributed by atoms with Gasteiger partial charge >= 0.3 is 0 Å². The Balaban J connectivity index is 1.98. The van der Waals surface area contributed by atoms with Gasteiger partial charge in [-0.1, -0.05) is 12.1 Å². The summed E-state index contributed by atoms with van der Waals surface area (Å²) < 4.78 is 0. The fourth-order valence-electron chi connectivity index (χ4n) is 2.23. The number of ketones is 1. The second-order valence-corrected chi connectivity index (χ2v) is 5.08. The molecule has 1 fully saturated rings.